The van der Waals surface area contributed by atoms with Crippen LogP contribution < -0.4 is 10.6 Å². The minimum atomic E-state index is -1.04. The van der Waals surface area contributed by atoms with Crippen LogP contribution in [-0.2, 0) is 14.3 Å². The van der Waals surface area contributed by atoms with Gasteiger partial charge in [-0.2, -0.15) is 0 Å². The molecule has 0 unspecified atom stereocenters. The lowest BCUT2D eigenvalue weighted by Gasteiger charge is -2.33. The van der Waals surface area contributed by atoms with Crippen molar-refractivity contribution in [1.82, 2.24) is 10.6 Å². The Morgan fingerprint density at radius 3 is 2.54 bits per heavy atom. The molecule has 1 aliphatic rings. The van der Waals surface area contributed by atoms with Gasteiger partial charge in [0.25, 0.3) is 5.91 Å². The number of carbonyl (C=O) groups is 3. The monoisotopic (exact) mass is 338 g/mol. The zero-order chi connectivity index (χ0) is 17.6. The average molecular weight is 338 g/mol. The predicted octanol–water partition coefficient (Wildman–Crippen LogP) is 0.553. The van der Waals surface area contributed by atoms with Crippen LogP contribution in [0.25, 0.3) is 0 Å². The molecule has 7 nitrogen and oxygen atoms in total. The van der Waals surface area contributed by atoms with Gasteiger partial charge in [-0.3, -0.25) is 14.4 Å². The van der Waals surface area contributed by atoms with Gasteiger partial charge in [-0.15, -0.1) is 0 Å². The summed E-state index contributed by atoms with van der Waals surface area (Å²) in [5, 5.41) is 14.3. The van der Waals surface area contributed by atoms with Gasteiger partial charge in [-0.25, -0.2) is 4.39 Å². The Hall–Kier alpha value is -2.48. The van der Waals surface area contributed by atoms with Gasteiger partial charge in [0.1, 0.15) is 5.82 Å². The summed E-state index contributed by atoms with van der Waals surface area (Å²) in [6.07, 6.45) is 0.635. The Morgan fingerprint density at radius 2 is 1.92 bits per heavy atom. The number of nitrogens with one attached hydrogen (secondary N) is 2. The highest BCUT2D eigenvalue weighted by Gasteiger charge is 2.40. The molecule has 0 spiro atoms. The van der Waals surface area contributed by atoms with Crippen LogP contribution in [-0.4, -0.2) is 49.2 Å². The first-order valence-corrected chi connectivity index (χ1v) is 7.54. The molecule has 0 radical (unpaired) electrons. The number of halogens is 1. The van der Waals surface area contributed by atoms with Gasteiger partial charge in [0, 0.05) is 25.3 Å². The number of carbonyl (C=O) groups excluding carboxylic acids is 2. The second kappa shape index (κ2) is 7.87. The molecule has 130 valence electrons. The number of hydrogen-bond acceptors (Lipinski definition) is 4. The van der Waals surface area contributed by atoms with E-state index >= 15 is 0 Å². The molecule has 3 N–H and O–H groups in total. The van der Waals surface area contributed by atoms with E-state index < -0.39 is 29.0 Å². The van der Waals surface area contributed by atoms with Crippen molar-refractivity contribution in [2.24, 2.45) is 5.41 Å². The zero-order valence-electron chi connectivity index (χ0n) is 13.0. The van der Waals surface area contributed by atoms with Gasteiger partial charge in [0.05, 0.1) is 12.0 Å². The third-order valence-corrected chi connectivity index (χ3v) is 4.02. The summed E-state index contributed by atoms with van der Waals surface area (Å²) in [6, 6.07) is 5.10. The van der Waals surface area contributed by atoms with E-state index in [1.165, 1.54) is 18.2 Å². The molecule has 24 heavy (non-hydrogen) atoms. The zero-order valence-corrected chi connectivity index (χ0v) is 13.0. The van der Waals surface area contributed by atoms with Crippen LogP contribution >= 0.6 is 0 Å². The molecule has 8 heteroatoms. The summed E-state index contributed by atoms with van der Waals surface area (Å²) < 4.78 is 18.2. The highest BCUT2D eigenvalue weighted by atomic mass is 19.1. The Balaban J connectivity index is 1.82. The van der Waals surface area contributed by atoms with Crippen LogP contribution in [0.1, 0.15) is 23.2 Å². The number of carboxylic acid groups (broad SMARTS) is 1. The summed E-state index contributed by atoms with van der Waals surface area (Å²) in [7, 11) is 0. The molecule has 0 aromatic heterocycles. The van der Waals surface area contributed by atoms with Gasteiger partial charge < -0.3 is 20.5 Å². The molecule has 1 saturated heterocycles. The second-order valence-corrected chi connectivity index (χ2v) is 5.67. The van der Waals surface area contributed by atoms with Crippen LogP contribution in [0, 0.1) is 11.2 Å². The van der Waals surface area contributed by atoms with Crippen LogP contribution in [0.4, 0.5) is 4.39 Å². The number of aliphatic carboxylic acids is 1. The molecule has 2 amide bonds. The summed E-state index contributed by atoms with van der Waals surface area (Å²) in [5.74, 6) is -2.61. The maximum atomic E-state index is 13.0. The van der Waals surface area contributed by atoms with Crippen molar-refractivity contribution in [3.8, 4) is 0 Å². The van der Waals surface area contributed by atoms with Gasteiger partial charge in [-0.05, 0) is 31.0 Å². The summed E-state index contributed by atoms with van der Waals surface area (Å²) in [4.78, 5) is 35.1. The van der Waals surface area contributed by atoms with Gasteiger partial charge in [0.15, 0.2) is 0 Å². The summed E-state index contributed by atoms with van der Waals surface area (Å²) >= 11 is 0. The van der Waals surface area contributed by atoms with E-state index in [1.807, 2.05) is 0 Å². The lowest BCUT2D eigenvalue weighted by atomic mass is 9.80. The fourth-order valence-electron chi connectivity index (χ4n) is 2.45. The Morgan fingerprint density at radius 1 is 1.21 bits per heavy atom. The number of rotatable bonds is 6. The lowest BCUT2D eigenvalue weighted by Crippen LogP contribution is -2.48. The summed E-state index contributed by atoms with van der Waals surface area (Å²) in [5.41, 5.74) is -0.935. The maximum Gasteiger partial charge on any atom is 0.311 e. The first-order chi connectivity index (χ1) is 11.4. The second-order valence-electron chi connectivity index (χ2n) is 5.67. The van der Waals surface area contributed by atoms with Crippen molar-refractivity contribution in [2.45, 2.75) is 12.8 Å². The van der Waals surface area contributed by atoms with Gasteiger partial charge in [-0.1, -0.05) is 6.07 Å². The van der Waals surface area contributed by atoms with Crippen molar-refractivity contribution >= 4 is 17.8 Å². The maximum absolute atomic E-state index is 13.0. The van der Waals surface area contributed by atoms with Crippen LogP contribution in [0.2, 0.25) is 0 Å². The minimum absolute atomic E-state index is 0.0274. The van der Waals surface area contributed by atoms with Crippen molar-refractivity contribution in [3.05, 3.63) is 35.6 Å². The van der Waals surface area contributed by atoms with Crippen LogP contribution in [0.15, 0.2) is 24.3 Å². The van der Waals surface area contributed by atoms with Crippen molar-refractivity contribution < 1.29 is 28.6 Å². The number of ether oxygens (including phenoxy) is 1. The molecule has 0 saturated carbocycles. The van der Waals surface area contributed by atoms with Crippen LogP contribution in [0.3, 0.4) is 0 Å². The molecule has 1 heterocycles. The molecular weight excluding hydrogens is 319 g/mol. The molecule has 1 fully saturated rings. The lowest BCUT2D eigenvalue weighted by molar-refractivity contribution is -0.154. The highest BCUT2D eigenvalue weighted by Crippen LogP contribution is 2.29. The largest absolute Gasteiger partial charge is 0.481 e. The third-order valence-electron chi connectivity index (χ3n) is 4.02. The number of carboxylic acids is 1. The SMILES string of the molecule is O=C(CNC(=O)c1cccc(F)c1)NCC1(C(=O)O)CCOCC1. The minimum Gasteiger partial charge on any atom is -0.481 e. The molecule has 1 aliphatic heterocycles. The topological polar surface area (TPSA) is 105 Å². The molecule has 0 aliphatic carbocycles. The van der Waals surface area contributed by atoms with E-state index in [9.17, 15) is 23.9 Å². The Kier molecular flexibility index (Phi) is 5.86. The third kappa shape index (κ3) is 4.51. The smallest absolute Gasteiger partial charge is 0.311 e. The van der Waals surface area contributed by atoms with Gasteiger partial charge in [0.2, 0.25) is 5.91 Å². The normalized spacial score (nSPS) is 16.2. The first-order valence-electron chi connectivity index (χ1n) is 7.54. The standard InChI is InChI=1S/C16H19FN2O5/c17-12-3-1-2-11(8-12)14(21)18-9-13(20)19-10-16(15(22)23)4-6-24-7-5-16/h1-3,8H,4-7,9-10H2,(H,18,21)(H,19,20)(H,22,23). The fourth-order valence-corrected chi connectivity index (χ4v) is 2.45. The number of hydrogen-bond donors (Lipinski definition) is 3. The average Bonchev–Trinajstić information content (AvgIpc) is 2.58. The summed E-state index contributed by atoms with van der Waals surface area (Å²) in [6.45, 7) is 0.318. The van der Waals surface area contributed by atoms with E-state index in [1.54, 1.807) is 0 Å². The fraction of sp³-hybridized carbons (Fsp3) is 0.438. The van der Waals surface area contributed by atoms with E-state index in [-0.39, 0.29) is 18.7 Å². The Bertz CT molecular complexity index is 629. The predicted molar refractivity (Wildman–Crippen MR) is 81.9 cm³/mol. The number of benzene rings is 1. The van der Waals surface area contributed by atoms with Crippen molar-refractivity contribution in [2.75, 3.05) is 26.3 Å². The molecule has 0 atom stereocenters. The molecule has 1 aromatic rings. The van der Waals surface area contributed by atoms with E-state index in [0.29, 0.717) is 26.1 Å². The van der Waals surface area contributed by atoms with E-state index in [0.717, 1.165) is 6.07 Å². The molecule has 0 bridgehead atoms. The van der Waals surface area contributed by atoms with Crippen molar-refractivity contribution in [1.29, 1.82) is 0 Å². The Labute approximate surface area is 138 Å². The first kappa shape index (κ1) is 17.9. The van der Waals surface area contributed by atoms with E-state index in [4.69, 9.17) is 4.74 Å². The quantitative estimate of drug-likeness (QED) is 0.703. The molecule has 1 aromatic carbocycles. The highest BCUT2D eigenvalue weighted by molar-refractivity contribution is 5.96. The van der Waals surface area contributed by atoms with E-state index in [2.05, 4.69) is 10.6 Å². The number of amides is 2. The van der Waals surface area contributed by atoms with Crippen LogP contribution in [0.5, 0.6) is 0 Å². The molecule has 2 rings (SSSR count). The molecular formula is C16H19FN2O5. The van der Waals surface area contributed by atoms with Crippen molar-refractivity contribution in [3.63, 3.8) is 0 Å². The van der Waals surface area contributed by atoms with Gasteiger partial charge >= 0.3 is 5.97 Å².